The summed E-state index contributed by atoms with van der Waals surface area (Å²) in [5.74, 6) is 0.191. The molecular formula is C15H19F3N2O2. The maximum absolute atomic E-state index is 12.1. The van der Waals surface area contributed by atoms with Crippen LogP contribution in [0.5, 0.6) is 5.75 Å². The number of ether oxygens (including phenoxy) is 1. The van der Waals surface area contributed by atoms with Crippen molar-refractivity contribution in [3.63, 3.8) is 0 Å². The average molecular weight is 316 g/mol. The standard InChI is InChI=1S/C15H19F3N2O2/c1-11(21)19-8-13-6-7-20(10-13)9-12-2-4-14(5-3-12)22-15(16,17)18/h2-5,13H,6-10H2,1H3,(H,19,21). The van der Waals surface area contributed by atoms with E-state index >= 15 is 0 Å². The number of halogens is 3. The van der Waals surface area contributed by atoms with Crippen LogP contribution >= 0.6 is 0 Å². The molecule has 0 saturated carbocycles. The first kappa shape index (κ1) is 16.6. The van der Waals surface area contributed by atoms with E-state index in [2.05, 4.69) is 15.0 Å². The van der Waals surface area contributed by atoms with Gasteiger partial charge in [0.1, 0.15) is 5.75 Å². The molecule has 122 valence electrons. The molecule has 22 heavy (non-hydrogen) atoms. The molecule has 1 unspecified atom stereocenters. The Kier molecular flexibility index (Phi) is 5.28. The molecule has 1 atom stereocenters. The van der Waals surface area contributed by atoms with E-state index in [4.69, 9.17) is 0 Å². The third kappa shape index (κ3) is 5.55. The molecule has 1 N–H and O–H groups in total. The maximum Gasteiger partial charge on any atom is 0.573 e. The second kappa shape index (κ2) is 7.00. The van der Waals surface area contributed by atoms with Crippen LogP contribution in [0.15, 0.2) is 24.3 Å². The molecule has 1 heterocycles. The van der Waals surface area contributed by atoms with Crippen LogP contribution in [-0.4, -0.2) is 36.8 Å². The van der Waals surface area contributed by atoms with Crippen molar-refractivity contribution in [1.82, 2.24) is 10.2 Å². The Morgan fingerprint density at radius 1 is 1.36 bits per heavy atom. The molecule has 1 aromatic rings. The number of rotatable bonds is 5. The van der Waals surface area contributed by atoms with Gasteiger partial charge in [-0.25, -0.2) is 0 Å². The largest absolute Gasteiger partial charge is 0.573 e. The van der Waals surface area contributed by atoms with Gasteiger partial charge in [-0.2, -0.15) is 0 Å². The predicted octanol–water partition coefficient (Wildman–Crippen LogP) is 2.54. The Bertz CT molecular complexity index is 503. The lowest BCUT2D eigenvalue weighted by atomic mass is 10.1. The van der Waals surface area contributed by atoms with E-state index in [1.165, 1.54) is 19.1 Å². The van der Waals surface area contributed by atoms with Gasteiger partial charge in [0.15, 0.2) is 0 Å². The molecule has 0 spiro atoms. The molecule has 7 heteroatoms. The topological polar surface area (TPSA) is 41.6 Å². The highest BCUT2D eigenvalue weighted by molar-refractivity contribution is 5.72. The predicted molar refractivity (Wildman–Crippen MR) is 75.2 cm³/mol. The first-order valence-corrected chi connectivity index (χ1v) is 7.13. The molecule has 0 aromatic heterocycles. The van der Waals surface area contributed by atoms with Crippen molar-refractivity contribution in [3.05, 3.63) is 29.8 Å². The van der Waals surface area contributed by atoms with Crippen LogP contribution in [0.1, 0.15) is 18.9 Å². The second-order valence-corrected chi connectivity index (χ2v) is 5.52. The number of amides is 1. The van der Waals surface area contributed by atoms with Crippen molar-refractivity contribution in [2.24, 2.45) is 5.92 Å². The van der Waals surface area contributed by atoms with Crippen molar-refractivity contribution in [2.75, 3.05) is 19.6 Å². The lowest BCUT2D eigenvalue weighted by molar-refractivity contribution is -0.274. The summed E-state index contributed by atoms with van der Waals surface area (Å²) < 4.78 is 40.1. The van der Waals surface area contributed by atoms with Crippen molar-refractivity contribution in [3.8, 4) is 5.75 Å². The van der Waals surface area contributed by atoms with Crippen LogP contribution in [0, 0.1) is 5.92 Å². The summed E-state index contributed by atoms with van der Waals surface area (Å²) in [5.41, 5.74) is 0.940. The Labute approximate surface area is 127 Å². The van der Waals surface area contributed by atoms with E-state index in [-0.39, 0.29) is 11.7 Å². The number of likely N-dealkylation sites (tertiary alicyclic amines) is 1. The highest BCUT2D eigenvalue weighted by Crippen LogP contribution is 2.24. The SMILES string of the molecule is CC(=O)NCC1CCN(Cc2ccc(OC(F)(F)F)cc2)C1. The quantitative estimate of drug-likeness (QED) is 0.908. The van der Waals surface area contributed by atoms with Gasteiger partial charge in [0.05, 0.1) is 0 Å². The van der Waals surface area contributed by atoms with Gasteiger partial charge in [-0.3, -0.25) is 9.69 Å². The van der Waals surface area contributed by atoms with Gasteiger partial charge >= 0.3 is 6.36 Å². The van der Waals surface area contributed by atoms with E-state index < -0.39 is 6.36 Å². The molecule has 1 aliphatic heterocycles. The minimum atomic E-state index is -4.66. The molecule has 4 nitrogen and oxygen atoms in total. The van der Waals surface area contributed by atoms with Crippen molar-refractivity contribution in [2.45, 2.75) is 26.3 Å². The van der Waals surface area contributed by atoms with E-state index in [1.54, 1.807) is 12.1 Å². The summed E-state index contributed by atoms with van der Waals surface area (Å²) >= 11 is 0. The van der Waals surface area contributed by atoms with Gasteiger partial charge in [0.2, 0.25) is 5.91 Å². The first-order valence-electron chi connectivity index (χ1n) is 7.13. The summed E-state index contributed by atoms with van der Waals surface area (Å²) in [6.07, 6.45) is -3.65. The van der Waals surface area contributed by atoms with E-state index in [1.807, 2.05) is 0 Å². The van der Waals surface area contributed by atoms with E-state index in [0.29, 0.717) is 19.0 Å². The van der Waals surface area contributed by atoms with Gasteiger partial charge in [0, 0.05) is 26.6 Å². The Hall–Kier alpha value is -1.76. The summed E-state index contributed by atoms with van der Waals surface area (Å²) in [7, 11) is 0. The third-order valence-electron chi connectivity index (χ3n) is 3.57. The van der Waals surface area contributed by atoms with Crippen LogP contribution in [0.25, 0.3) is 0 Å². The van der Waals surface area contributed by atoms with Gasteiger partial charge in [0.25, 0.3) is 0 Å². The zero-order chi connectivity index (χ0) is 16.2. The summed E-state index contributed by atoms with van der Waals surface area (Å²) in [6, 6.07) is 5.94. The monoisotopic (exact) mass is 316 g/mol. The highest BCUT2D eigenvalue weighted by Gasteiger charge is 2.31. The smallest absolute Gasteiger partial charge is 0.406 e. The molecule has 0 aliphatic carbocycles. The summed E-state index contributed by atoms with van der Waals surface area (Å²) in [5, 5.41) is 2.81. The normalized spacial score (nSPS) is 19.2. The number of carbonyl (C=O) groups excluding carboxylic acids is 1. The minimum Gasteiger partial charge on any atom is -0.406 e. The number of carbonyl (C=O) groups is 1. The second-order valence-electron chi connectivity index (χ2n) is 5.52. The molecule has 1 aliphatic rings. The van der Waals surface area contributed by atoms with Gasteiger partial charge < -0.3 is 10.1 Å². The minimum absolute atomic E-state index is 0.0290. The molecule has 1 amide bonds. The van der Waals surface area contributed by atoms with Gasteiger partial charge in [-0.15, -0.1) is 13.2 Å². The van der Waals surface area contributed by atoms with Crippen molar-refractivity contribution in [1.29, 1.82) is 0 Å². The number of hydrogen-bond acceptors (Lipinski definition) is 3. The van der Waals surface area contributed by atoms with Crippen molar-refractivity contribution < 1.29 is 22.7 Å². The van der Waals surface area contributed by atoms with Gasteiger partial charge in [-0.1, -0.05) is 12.1 Å². The van der Waals surface area contributed by atoms with Crippen LogP contribution in [-0.2, 0) is 11.3 Å². The molecular weight excluding hydrogens is 297 g/mol. The zero-order valence-electron chi connectivity index (χ0n) is 12.3. The van der Waals surface area contributed by atoms with Crippen LogP contribution in [0.3, 0.4) is 0 Å². The molecule has 0 radical (unpaired) electrons. The first-order chi connectivity index (χ1) is 10.3. The van der Waals surface area contributed by atoms with Crippen LogP contribution < -0.4 is 10.1 Å². The number of benzene rings is 1. The van der Waals surface area contributed by atoms with Crippen LogP contribution in [0.2, 0.25) is 0 Å². The molecule has 0 bridgehead atoms. The number of alkyl halides is 3. The average Bonchev–Trinajstić information content (AvgIpc) is 2.85. The van der Waals surface area contributed by atoms with E-state index in [9.17, 15) is 18.0 Å². The Morgan fingerprint density at radius 2 is 2.05 bits per heavy atom. The lowest BCUT2D eigenvalue weighted by Crippen LogP contribution is -2.29. The Balaban J connectivity index is 1.81. The highest BCUT2D eigenvalue weighted by atomic mass is 19.4. The summed E-state index contributed by atoms with van der Waals surface area (Å²) in [6.45, 7) is 4.65. The third-order valence-corrected chi connectivity index (χ3v) is 3.57. The molecule has 2 rings (SSSR count). The van der Waals surface area contributed by atoms with Crippen LogP contribution in [0.4, 0.5) is 13.2 Å². The molecule has 1 fully saturated rings. The van der Waals surface area contributed by atoms with Crippen molar-refractivity contribution >= 4 is 5.91 Å². The summed E-state index contributed by atoms with van der Waals surface area (Å²) in [4.78, 5) is 13.1. The Morgan fingerprint density at radius 3 is 2.64 bits per heavy atom. The maximum atomic E-state index is 12.1. The number of nitrogens with zero attached hydrogens (tertiary/aromatic N) is 1. The zero-order valence-corrected chi connectivity index (χ0v) is 12.3. The lowest BCUT2D eigenvalue weighted by Gasteiger charge is -2.16. The molecule has 1 saturated heterocycles. The number of nitrogens with one attached hydrogen (secondary N) is 1. The van der Waals surface area contributed by atoms with E-state index in [0.717, 1.165) is 25.1 Å². The fourth-order valence-electron chi connectivity index (χ4n) is 2.57. The number of hydrogen-bond donors (Lipinski definition) is 1. The fourth-order valence-corrected chi connectivity index (χ4v) is 2.57. The molecule has 1 aromatic carbocycles. The van der Waals surface area contributed by atoms with Gasteiger partial charge in [-0.05, 0) is 36.6 Å². The fraction of sp³-hybridized carbons (Fsp3) is 0.533.